The number of hydrogen-bond acceptors (Lipinski definition) is 3. The molecule has 2 N–H and O–H groups in total. The number of benzene rings is 1. The molecular formula is C19H35IN4O. The summed E-state index contributed by atoms with van der Waals surface area (Å²) in [5.74, 6) is 0.821. The Bertz CT molecular complexity index is 515. The highest BCUT2D eigenvalue weighted by molar-refractivity contribution is 14.0. The molecule has 144 valence electrons. The number of hydrogen-bond donors (Lipinski definition) is 2. The third-order valence-corrected chi connectivity index (χ3v) is 4.06. The summed E-state index contributed by atoms with van der Waals surface area (Å²) in [5, 5.41) is 6.75. The van der Waals surface area contributed by atoms with Gasteiger partial charge in [0.25, 0.3) is 0 Å². The van der Waals surface area contributed by atoms with Gasteiger partial charge in [0, 0.05) is 20.2 Å². The van der Waals surface area contributed by atoms with Crippen LogP contribution in [0.25, 0.3) is 0 Å². The van der Waals surface area contributed by atoms with Crippen LogP contribution in [0, 0.1) is 6.92 Å². The van der Waals surface area contributed by atoms with Gasteiger partial charge >= 0.3 is 0 Å². The van der Waals surface area contributed by atoms with Crippen molar-refractivity contribution < 1.29 is 4.74 Å². The summed E-state index contributed by atoms with van der Waals surface area (Å²) in [6.45, 7) is 10.5. The molecule has 1 aromatic rings. The van der Waals surface area contributed by atoms with E-state index in [1.807, 2.05) is 13.8 Å². The molecule has 1 aromatic carbocycles. The molecule has 5 nitrogen and oxygen atoms in total. The van der Waals surface area contributed by atoms with E-state index in [9.17, 15) is 0 Å². The molecule has 6 heteroatoms. The van der Waals surface area contributed by atoms with Crippen LogP contribution in [0.3, 0.4) is 0 Å². The van der Waals surface area contributed by atoms with Crippen LogP contribution in [0.5, 0.6) is 0 Å². The Labute approximate surface area is 170 Å². The SMILES string of the molecule is CCNC(=NCC(C)(C)OC)NCC(c1ccc(C)cc1)N(C)C.I. The highest BCUT2D eigenvalue weighted by atomic mass is 127. The molecule has 0 spiro atoms. The zero-order valence-corrected chi connectivity index (χ0v) is 19.0. The van der Waals surface area contributed by atoms with Crippen LogP contribution in [-0.4, -0.2) is 57.3 Å². The summed E-state index contributed by atoms with van der Waals surface area (Å²) in [7, 11) is 5.92. The molecule has 0 aliphatic carbocycles. The predicted octanol–water partition coefficient (Wildman–Crippen LogP) is 3.20. The quantitative estimate of drug-likeness (QED) is 0.354. The molecule has 0 heterocycles. The van der Waals surface area contributed by atoms with Crippen LogP contribution in [0.15, 0.2) is 29.3 Å². The largest absolute Gasteiger partial charge is 0.377 e. The highest BCUT2D eigenvalue weighted by Crippen LogP contribution is 2.17. The molecule has 0 amide bonds. The lowest BCUT2D eigenvalue weighted by molar-refractivity contribution is 0.0310. The lowest BCUT2D eigenvalue weighted by atomic mass is 10.0. The molecule has 0 radical (unpaired) electrons. The fourth-order valence-corrected chi connectivity index (χ4v) is 2.26. The molecule has 0 saturated carbocycles. The molecule has 0 fully saturated rings. The number of ether oxygens (including phenoxy) is 1. The standard InChI is InChI=1S/C19H34N4O.HI/c1-8-20-18(22-14-19(3,4)24-7)21-13-17(23(5)6)16-11-9-15(2)10-12-16;/h9-12,17H,8,13-14H2,1-7H3,(H2,20,21,22);1H. The average Bonchev–Trinajstić information content (AvgIpc) is 2.54. The van der Waals surface area contributed by atoms with Crippen molar-refractivity contribution in [1.29, 1.82) is 0 Å². The molecule has 0 aromatic heterocycles. The Hall–Kier alpha value is -0.860. The topological polar surface area (TPSA) is 48.9 Å². The van der Waals surface area contributed by atoms with E-state index in [2.05, 4.69) is 72.7 Å². The van der Waals surface area contributed by atoms with E-state index >= 15 is 0 Å². The van der Waals surface area contributed by atoms with Crippen molar-refractivity contribution in [3.63, 3.8) is 0 Å². The maximum atomic E-state index is 5.44. The molecule has 1 unspecified atom stereocenters. The van der Waals surface area contributed by atoms with Crippen molar-refractivity contribution >= 4 is 29.9 Å². The van der Waals surface area contributed by atoms with Crippen molar-refractivity contribution in [2.75, 3.05) is 40.8 Å². The van der Waals surface area contributed by atoms with E-state index in [0.29, 0.717) is 6.54 Å². The zero-order valence-electron chi connectivity index (χ0n) is 16.7. The van der Waals surface area contributed by atoms with Crippen LogP contribution in [-0.2, 0) is 4.74 Å². The van der Waals surface area contributed by atoms with Gasteiger partial charge in [-0.15, -0.1) is 24.0 Å². The first-order valence-electron chi connectivity index (χ1n) is 8.59. The fourth-order valence-electron chi connectivity index (χ4n) is 2.26. The third-order valence-electron chi connectivity index (χ3n) is 4.06. The molecule has 1 rings (SSSR count). The second kappa shape index (κ2) is 11.7. The van der Waals surface area contributed by atoms with E-state index < -0.39 is 0 Å². The molecule has 1 atom stereocenters. The summed E-state index contributed by atoms with van der Waals surface area (Å²) in [6.07, 6.45) is 0. The van der Waals surface area contributed by atoms with Crippen LogP contribution >= 0.6 is 24.0 Å². The lowest BCUT2D eigenvalue weighted by Crippen LogP contribution is -2.42. The number of likely N-dealkylation sites (N-methyl/N-ethyl adjacent to an activating group) is 1. The number of halogens is 1. The second-order valence-electron chi connectivity index (χ2n) is 6.93. The predicted molar refractivity (Wildman–Crippen MR) is 118 cm³/mol. The van der Waals surface area contributed by atoms with E-state index in [1.165, 1.54) is 11.1 Å². The second-order valence-corrected chi connectivity index (χ2v) is 6.93. The van der Waals surface area contributed by atoms with Crippen LogP contribution < -0.4 is 10.6 Å². The first-order chi connectivity index (χ1) is 11.3. The Morgan fingerprint density at radius 1 is 1.20 bits per heavy atom. The number of nitrogens with zero attached hydrogens (tertiary/aromatic N) is 2. The summed E-state index contributed by atoms with van der Waals surface area (Å²) in [5.41, 5.74) is 2.31. The van der Waals surface area contributed by atoms with Gasteiger partial charge in [-0.1, -0.05) is 29.8 Å². The van der Waals surface area contributed by atoms with Crippen LogP contribution in [0.2, 0.25) is 0 Å². The highest BCUT2D eigenvalue weighted by Gasteiger charge is 2.17. The van der Waals surface area contributed by atoms with Gasteiger partial charge in [-0.05, 0) is 47.4 Å². The Kier molecular flexibility index (Phi) is 11.3. The number of rotatable bonds is 8. The number of guanidine groups is 1. The molecule has 25 heavy (non-hydrogen) atoms. The lowest BCUT2D eigenvalue weighted by Gasteiger charge is -2.27. The summed E-state index contributed by atoms with van der Waals surface area (Å²) < 4.78 is 5.44. The summed E-state index contributed by atoms with van der Waals surface area (Å²) in [6, 6.07) is 8.99. The number of aryl methyl sites for hydroxylation is 1. The van der Waals surface area contributed by atoms with Crippen molar-refractivity contribution in [2.45, 2.75) is 39.3 Å². The van der Waals surface area contributed by atoms with Gasteiger partial charge in [0.2, 0.25) is 0 Å². The van der Waals surface area contributed by atoms with Crippen LogP contribution in [0.1, 0.15) is 37.9 Å². The third kappa shape index (κ3) is 8.87. The molecular weight excluding hydrogens is 427 g/mol. The Morgan fingerprint density at radius 2 is 1.80 bits per heavy atom. The number of aliphatic imine (C=N–C) groups is 1. The average molecular weight is 462 g/mol. The smallest absolute Gasteiger partial charge is 0.191 e. The van der Waals surface area contributed by atoms with Gasteiger partial charge in [-0.2, -0.15) is 0 Å². The first kappa shape index (κ1) is 24.1. The molecule has 0 aliphatic heterocycles. The van der Waals surface area contributed by atoms with E-state index in [1.54, 1.807) is 7.11 Å². The van der Waals surface area contributed by atoms with Gasteiger partial charge < -0.3 is 20.3 Å². The van der Waals surface area contributed by atoms with Crippen molar-refractivity contribution in [1.82, 2.24) is 15.5 Å². The molecule has 0 bridgehead atoms. The maximum absolute atomic E-state index is 5.44. The monoisotopic (exact) mass is 462 g/mol. The van der Waals surface area contributed by atoms with E-state index in [0.717, 1.165) is 19.0 Å². The summed E-state index contributed by atoms with van der Waals surface area (Å²) in [4.78, 5) is 6.87. The fraction of sp³-hybridized carbons (Fsp3) is 0.632. The maximum Gasteiger partial charge on any atom is 0.191 e. The minimum atomic E-state index is -0.264. The normalized spacial score (nSPS) is 13.4. The van der Waals surface area contributed by atoms with Gasteiger partial charge in [0.15, 0.2) is 5.96 Å². The molecule has 0 aliphatic rings. The Balaban J connectivity index is 0.00000576. The van der Waals surface area contributed by atoms with Gasteiger partial charge in [-0.3, -0.25) is 4.99 Å². The zero-order chi connectivity index (χ0) is 18.2. The van der Waals surface area contributed by atoms with Crippen molar-refractivity contribution in [2.24, 2.45) is 4.99 Å². The first-order valence-corrected chi connectivity index (χ1v) is 8.59. The van der Waals surface area contributed by atoms with Crippen molar-refractivity contribution in [3.8, 4) is 0 Å². The Morgan fingerprint density at radius 3 is 2.28 bits per heavy atom. The van der Waals surface area contributed by atoms with E-state index in [4.69, 9.17) is 4.74 Å². The van der Waals surface area contributed by atoms with Gasteiger partial charge in [-0.25, -0.2) is 0 Å². The minimum absolute atomic E-state index is 0. The molecule has 0 saturated heterocycles. The van der Waals surface area contributed by atoms with Crippen LogP contribution in [0.4, 0.5) is 0 Å². The number of methoxy groups -OCH3 is 1. The minimum Gasteiger partial charge on any atom is -0.377 e. The van der Waals surface area contributed by atoms with E-state index in [-0.39, 0.29) is 35.6 Å². The van der Waals surface area contributed by atoms with Gasteiger partial charge in [0.1, 0.15) is 0 Å². The van der Waals surface area contributed by atoms with Gasteiger partial charge in [0.05, 0.1) is 18.2 Å². The summed E-state index contributed by atoms with van der Waals surface area (Å²) >= 11 is 0. The number of nitrogens with one attached hydrogen (secondary N) is 2. The van der Waals surface area contributed by atoms with Crippen molar-refractivity contribution in [3.05, 3.63) is 35.4 Å².